The minimum absolute atomic E-state index is 0.0648. The lowest BCUT2D eigenvalue weighted by Crippen LogP contribution is -2.28. The number of nitrogens with zero attached hydrogens (tertiary/aromatic N) is 2. The van der Waals surface area contributed by atoms with Gasteiger partial charge in [-0.2, -0.15) is 5.10 Å². The van der Waals surface area contributed by atoms with Crippen LogP contribution in [0.1, 0.15) is 0 Å². The highest BCUT2D eigenvalue weighted by Gasteiger charge is 2.12. The summed E-state index contributed by atoms with van der Waals surface area (Å²) in [6.45, 7) is -0.142. The van der Waals surface area contributed by atoms with Crippen molar-refractivity contribution in [3.8, 4) is 0 Å². The molecule has 112 valence electrons. The van der Waals surface area contributed by atoms with E-state index in [1.165, 1.54) is 13.3 Å². The highest BCUT2D eigenvalue weighted by Crippen LogP contribution is 2.15. The second-order valence-electron chi connectivity index (χ2n) is 3.97. The molecule has 0 unspecified atom stereocenters. The predicted molar refractivity (Wildman–Crippen MR) is 76.4 cm³/mol. The lowest BCUT2D eigenvalue weighted by Gasteiger charge is -2.09. The molecular formula is C10H14BrN3O5S. The molecule has 1 aromatic rings. The van der Waals surface area contributed by atoms with Crippen LogP contribution >= 0.6 is 15.9 Å². The van der Waals surface area contributed by atoms with Crippen molar-refractivity contribution in [2.75, 3.05) is 31.0 Å². The van der Waals surface area contributed by atoms with E-state index in [0.717, 1.165) is 10.9 Å². The van der Waals surface area contributed by atoms with Crippen molar-refractivity contribution in [2.24, 2.45) is 0 Å². The third-order valence-corrected chi connectivity index (χ3v) is 3.99. The van der Waals surface area contributed by atoms with Gasteiger partial charge in [-0.3, -0.25) is 9.59 Å². The summed E-state index contributed by atoms with van der Waals surface area (Å²) in [5.74, 6) is -0.658. The Kier molecular flexibility index (Phi) is 5.69. The van der Waals surface area contributed by atoms with Crippen LogP contribution in [0.25, 0.3) is 0 Å². The molecule has 0 radical (unpaired) electrons. The Bertz CT molecular complexity index is 655. The van der Waals surface area contributed by atoms with Crippen LogP contribution < -0.4 is 10.9 Å². The maximum atomic E-state index is 11.9. The van der Waals surface area contributed by atoms with E-state index in [4.69, 9.17) is 0 Å². The van der Waals surface area contributed by atoms with E-state index in [9.17, 15) is 18.0 Å². The first-order chi connectivity index (χ1) is 9.24. The van der Waals surface area contributed by atoms with Gasteiger partial charge in [0, 0.05) is 12.8 Å². The summed E-state index contributed by atoms with van der Waals surface area (Å²) >= 11 is 3.09. The fraction of sp³-hybridized carbons (Fsp3) is 0.500. The van der Waals surface area contributed by atoms with E-state index in [1.54, 1.807) is 0 Å². The second-order valence-corrected chi connectivity index (χ2v) is 7.02. The number of nitrogens with one attached hydrogen (secondary N) is 1. The highest BCUT2D eigenvalue weighted by atomic mass is 79.9. The lowest BCUT2D eigenvalue weighted by atomic mass is 10.4. The van der Waals surface area contributed by atoms with Crippen LogP contribution in [0.2, 0.25) is 0 Å². The fourth-order valence-electron chi connectivity index (χ4n) is 1.26. The molecule has 0 saturated carbocycles. The van der Waals surface area contributed by atoms with E-state index in [-0.39, 0.29) is 23.3 Å². The minimum Gasteiger partial charge on any atom is -0.468 e. The molecule has 8 nitrogen and oxygen atoms in total. The topological polar surface area (TPSA) is 107 Å². The van der Waals surface area contributed by atoms with Crippen molar-refractivity contribution in [2.45, 2.75) is 6.54 Å². The molecule has 0 spiro atoms. The van der Waals surface area contributed by atoms with Gasteiger partial charge >= 0.3 is 5.97 Å². The van der Waals surface area contributed by atoms with Crippen LogP contribution in [-0.4, -0.2) is 49.8 Å². The third kappa shape index (κ3) is 4.93. The first-order valence-electron chi connectivity index (χ1n) is 5.48. The van der Waals surface area contributed by atoms with Gasteiger partial charge in [0.25, 0.3) is 5.56 Å². The lowest BCUT2D eigenvalue weighted by molar-refractivity contribution is -0.141. The number of methoxy groups -OCH3 is 1. The van der Waals surface area contributed by atoms with Crippen LogP contribution in [0.3, 0.4) is 0 Å². The zero-order valence-corrected chi connectivity index (χ0v) is 13.3. The first kappa shape index (κ1) is 16.6. The summed E-state index contributed by atoms with van der Waals surface area (Å²) < 4.78 is 27.6. The third-order valence-electron chi connectivity index (χ3n) is 2.28. The smallest absolute Gasteiger partial charge is 0.327 e. The molecule has 1 rings (SSSR count). The largest absolute Gasteiger partial charge is 0.468 e. The Morgan fingerprint density at radius 2 is 2.20 bits per heavy atom. The second kappa shape index (κ2) is 6.84. The van der Waals surface area contributed by atoms with E-state index in [0.29, 0.717) is 5.69 Å². The number of anilines is 1. The molecule has 1 N–H and O–H groups in total. The van der Waals surface area contributed by atoms with Crippen molar-refractivity contribution >= 4 is 37.4 Å². The Morgan fingerprint density at radius 3 is 2.75 bits per heavy atom. The standard InChI is InChI=1S/C10H14BrN3O5S/c1-19-8(15)6-14-10(16)9(11)7(5-13-14)12-3-4-20(2,17)18/h5,12H,3-4,6H2,1-2H3. The molecule has 0 saturated heterocycles. The molecule has 0 aromatic carbocycles. The molecule has 1 heterocycles. The van der Waals surface area contributed by atoms with E-state index >= 15 is 0 Å². The molecule has 20 heavy (non-hydrogen) atoms. The van der Waals surface area contributed by atoms with Crippen LogP contribution in [0.4, 0.5) is 5.69 Å². The SMILES string of the molecule is COC(=O)Cn1ncc(NCCS(C)(=O)=O)c(Br)c1=O. The Labute approximate surface area is 124 Å². The van der Waals surface area contributed by atoms with Crippen molar-refractivity contribution in [3.05, 3.63) is 21.0 Å². The maximum Gasteiger partial charge on any atom is 0.327 e. The Hall–Kier alpha value is -1.42. The van der Waals surface area contributed by atoms with Crippen molar-refractivity contribution in [3.63, 3.8) is 0 Å². The molecule has 0 bridgehead atoms. The van der Waals surface area contributed by atoms with Crippen LogP contribution in [-0.2, 0) is 25.9 Å². The van der Waals surface area contributed by atoms with Gasteiger partial charge in [-0.25, -0.2) is 13.1 Å². The molecule has 10 heteroatoms. The highest BCUT2D eigenvalue weighted by molar-refractivity contribution is 9.10. The minimum atomic E-state index is -3.09. The Morgan fingerprint density at radius 1 is 1.55 bits per heavy atom. The van der Waals surface area contributed by atoms with Gasteiger partial charge in [0.15, 0.2) is 0 Å². The summed E-state index contributed by atoms with van der Waals surface area (Å²) in [5.41, 5.74) is -0.153. The van der Waals surface area contributed by atoms with Crippen LogP contribution in [0.5, 0.6) is 0 Å². The molecule has 1 aromatic heterocycles. The van der Waals surface area contributed by atoms with Crippen molar-refractivity contribution < 1.29 is 17.9 Å². The first-order valence-corrected chi connectivity index (χ1v) is 8.34. The maximum absolute atomic E-state index is 11.9. The van der Waals surface area contributed by atoms with Gasteiger partial charge in [-0.1, -0.05) is 0 Å². The average Bonchev–Trinajstić information content (AvgIpc) is 2.36. The number of hydrogen-bond acceptors (Lipinski definition) is 7. The molecule has 0 fully saturated rings. The summed E-state index contributed by atoms with van der Waals surface area (Å²) in [7, 11) is -1.88. The number of esters is 1. The van der Waals surface area contributed by atoms with E-state index in [2.05, 4.69) is 31.1 Å². The summed E-state index contributed by atoms with van der Waals surface area (Å²) in [6.07, 6.45) is 2.45. The number of hydrogen-bond donors (Lipinski definition) is 1. The average molecular weight is 368 g/mol. The zero-order chi connectivity index (χ0) is 15.3. The molecule has 0 amide bonds. The van der Waals surface area contributed by atoms with Crippen molar-refractivity contribution in [1.29, 1.82) is 0 Å². The fourth-order valence-corrected chi connectivity index (χ4v) is 2.18. The van der Waals surface area contributed by atoms with Gasteiger partial charge < -0.3 is 10.1 Å². The van der Waals surface area contributed by atoms with Gasteiger partial charge in [0.1, 0.15) is 20.9 Å². The molecule has 0 atom stereocenters. The summed E-state index contributed by atoms with van der Waals surface area (Å²) in [4.78, 5) is 23.0. The normalized spacial score (nSPS) is 11.2. The molecule has 0 aliphatic rings. The summed E-state index contributed by atoms with van der Waals surface area (Å²) in [6, 6.07) is 0. The number of carbonyl (C=O) groups is 1. The van der Waals surface area contributed by atoms with Crippen LogP contribution in [0, 0.1) is 0 Å². The molecule has 0 aliphatic carbocycles. The van der Waals surface area contributed by atoms with Crippen LogP contribution in [0.15, 0.2) is 15.5 Å². The predicted octanol–water partition coefficient (Wildman–Crippen LogP) is -0.365. The van der Waals surface area contributed by atoms with E-state index < -0.39 is 21.4 Å². The van der Waals surface area contributed by atoms with E-state index in [1.807, 2.05) is 0 Å². The van der Waals surface area contributed by atoms with Crippen molar-refractivity contribution in [1.82, 2.24) is 9.78 Å². The Balaban J connectivity index is 2.84. The van der Waals surface area contributed by atoms with Gasteiger partial charge in [-0.15, -0.1) is 0 Å². The summed E-state index contributed by atoms with van der Waals surface area (Å²) in [5, 5.41) is 6.59. The number of halogens is 1. The number of carbonyl (C=O) groups excluding carboxylic acids is 1. The number of ether oxygens (including phenoxy) is 1. The molecule has 0 aliphatic heterocycles. The quantitative estimate of drug-likeness (QED) is 0.683. The van der Waals surface area contributed by atoms with Gasteiger partial charge in [0.05, 0.1) is 24.7 Å². The van der Waals surface area contributed by atoms with Gasteiger partial charge in [0.2, 0.25) is 0 Å². The number of rotatable bonds is 6. The number of sulfone groups is 1. The van der Waals surface area contributed by atoms with Gasteiger partial charge in [-0.05, 0) is 15.9 Å². The number of aromatic nitrogens is 2. The molecular weight excluding hydrogens is 354 g/mol. The monoisotopic (exact) mass is 367 g/mol. The zero-order valence-electron chi connectivity index (χ0n) is 10.9.